The maximum atomic E-state index is 13.0. The Balaban J connectivity index is 1.69. The van der Waals surface area contributed by atoms with Crippen molar-refractivity contribution in [3.63, 3.8) is 0 Å². The van der Waals surface area contributed by atoms with Crippen molar-refractivity contribution in [3.8, 4) is 0 Å². The fourth-order valence-corrected chi connectivity index (χ4v) is 3.66. The Morgan fingerprint density at radius 1 is 1.12 bits per heavy atom. The number of aromatic amines is 1. The van der Waals surface area contributed by atoms with Gasteiger partial charge >= 0.3 is 0 Å². The van der Waals surface area contributed by atoms with Gasteiger partial charge in [-0.25, -0.2) is 9.97 Å². The molecule has 0 saturated carbocycles. The van der Waals surface area contributed by atoms with Crippen LogP contribution in [0.2, 0.25) is 0 Å². The summed E-state index contributed by atoms with van der Waals surface area (Å²) in [5.41, 5.74) is 2.69. The maximum absolute atomic E-state index is 13.0. The molecule has 0 aliphatic carbocycles. The summed E-state index contributed by atoms with van der Waals surface area (Å²) in [7, 11) is 0. The van der Waals surface area contributed by atoms with Crippen LogP contribution in [0.4, 0.5) is 5.95 Å². The minimum absolute atomic E-state index is 0.0144. The first kappa shape index (κ1) is 18.3. The molecule has 0 aromatic carbocycles. The lowest BCUT2D eigenvalue weighted by Crippen LogP contribution is -2.52. The first-order chi connectivity index (χ1) is 12.4. The molecule has 1 N–H and O–H groups in total. The zero-order valence-corrected chi connectivity index (χ0v) is 15.7. The van der Waals surface area contributed by atoms with Gasteiger partial charge in [-0.2, -0.15) is 0 Å². The third-order valence-electron chi connectivity index (χ3n) is 5.11. The van der Waals surface area contributed by atoms with Crippen LogP contribution in [0.3, 0.4) is 0 Å². The number of hydrogen-bond acceptors (Lipinski definition) is 6. The third kappa shape index (κ3) is 3.39. The highest BCUT2D eigenvalue weighted by molar-refractivity contribution is 6.05. The number of rotatable bonds is 5. The number of ketones is 2. The molecule has 3 rings (SSSR count). The van der Waals surface area contributed by atoms with Gasteiger partial charge in [0, 0.05) is 49.8 Å². The van der Waals surface area contributed by atoms with Crippen LogP contribution in [0.25, 0.3) is 0 Å². The van der Waals surface area contributed by atoms with Crippen LogP contribution in [0.5, 0.6) is 0 Å². The Morgan fingerprint density at radius 3 is 2.27 bits per heavy atom. The third-order valence-corrected chi connectivity index (χ3v) is 5.11. The van der Waals surface area contributed by atoms with Gasteiger partial charge in [-0.3, -0.25) is 14.5 Å². The van der Waals surface area contributed by atoms with E-state index in [1.165, 1.54) is 6.92 Å². The highest BCUT2D eigenvalue weighted by Gasteiger charge is 2.30. The lowest BCUT2D eigenvalue weighted by molar-refractivity contribution is 0.0824. The number of hydrogen-bond donors (Lipinski definition) is 1. The number of H-pyrrole nitrogens is 1. The van der Waals surface area contributed by atoms with Crippen LogP contribution in [0.1, 0.15) is 46.0 Å². The second-order valence-corrected chi connectivity index (χ2v) is 6.79. The Morgan fingerprint density at radius 2 is 1.73 bits per heavy atom. The molecule has 0 radical (unpaired) electrons. The molecule has 1 atom stereocenters. The molecule has 26 heavy (non-hydrogen) atoms. The van der Waals surface area contributed by atoms with Gasteiger partial charge in [-0.05, 0) is 39.3 Å². The van der Waals surface area contributed by atoms with E-state index < -0.39 is 0 Å². The number of nitrogens with zero attached hydrogens (tertiary/aromatic N) is 4. The first-order valence-corrected chi connectivity index (χ1v) is 8.90. The Bertz CT molecular complexity index is 807. The van der Waals surface area contributed by atoms with Crippen molar-refractivity contribution in [3.05, 3.63) is 41.0 Å². The molecule has 0 bridgehead atoms. The molecule has 2 aromatic rings. The van der Waals surface area contributed by atoms with Crippen molar-refractivity contribution in [2.24, 2.45) is 0 Å². The molecule has 3 heterocycles. The zero-order chi connectivity index (χ0) is 18.8. The van der Waals surface area contributed by atoms with E-state index >= 15 is 0 Å². The summed E-state index contributed by atoms with van der Waals surface area (Å²) >= 11 is 0. The van der Waals surface area contributed by atoms with Gasteiger partial charge in [-0.1, -0.05) is 0 Å². The van der Waals surface area contributed by atoms with Crippen molar-refractivity contribution in [1.82, 2.24) is 19.9 Å². The van der Waals surface area contributed by atoms with Crippen LogP contribution in [0, 0.1) is 13.8 Å². The highest BCUT2D eigenvalue weighted by atomic mass is 16.1. The molecule has 2 aromatic heterocycles. The minimum atomic E-state index is -0.245. The van der Waals surface area contributed by atoms with Crippen LogP contribution >= 0.6 is 0 Å². The number of carbonyl (C=O) groups excluding carboxylic acids is 2. The van der Waals surface area contributed by atoms with E-state index in [-0.39, 0.29) is 17.6 Å². The van der Waals surface area contributed by atoms with E-state index in [4.69, 9.17) is 0 Å². The molecular formula is C19H25N5O2. The van der Waals surface area contributed by atoms with E-state index in [1.807, 2.05) is 20.8 Å². The van der Waals surface area contributed by atoms with Crippen molar-refractivity contribution in [2.75, 3.05) is 31.1 Å². The van der Waals surface area contributed by atoms with Gasteiger partial charge in [-0.15, -0.1) is 0 Å². The van der Waals surface area contributed by atoms with Gasteiger partial charge in [0.25, 0.3) is 0 Å². The Labute approximate surface area is 153 Å². The van der Waals surface area contributed by atoms with E-state index in [0.29, 0.717) is 11.3 Å². The first-order valence-electron chi connectivity index (χ1n) is 8.90. The average Bonchev–Trinajstić information content (AvgIpc) is 2.95. The van der Waals surface area contributed by atoms with E-state index in [0.717, 1.165) is 43.4 Å². The number of piperazine rings is 1. The Kier molecular flexibility index (Phi) is 5.18. The number of Topliss-reactive ketones (excluding diaryl/α,β-unsaturated/α-hetero) is 2. The van der Waals surface area contributed by atoms with Gasteiger partial charge in [0.15, 0.2) is 11.6 Å². The summed E-state index contributed by atoms with van der Waals surface area (Å²) in [6, 6.07) is 1.56. The fraction of sp³-hybridized carbons (Fsp3) is 0.474. The molecule has 1 saturated heterocycles. The largest absolute Gasteiger partial charge is 0.355 e. The predicted octanol–water partition coefficient (Wildman–Crippen LogP) is 2.02. The number of aromatic nitrogens is 3. The zero-order valence-electron chi connectivity index (χ0n) is 15.7. The lowest BCUT2D eigenvalue weighted by atomic mass is 10.0. The van der Waals surface area contributed by atoms with Crippen molar-refractivity contribution in [1.29, 1.82) is 0 Å². The molecule has 7 nitrogen and oxygen atoms in total. The molecule has 7 heteroatoms. The standard InChI is InChI=1S/C19H25N5O2/c1-12-16(15(4)25)13(2)22-17(12)18(26)14(3)23-8-10-24(11-9-23)19-20-6-5-7-21-19/h5-7,14,22H,8-11H2,1-4H3/t14-/m0/s1. The number of nitrogens with one attached hydrogen (secondary N) is 1. The minimum Gasteiger partial charge on any atom is -0.355 e. The number of carbonyl (C=O) groups is 2. The fourth-order valence-electron chi connectivity index (χ4n) is 3.66. The molecular weight excluding hydrogens is 330 g/mol. The Hall–Kier alpha value is -2.54. The van der Waals surface area contributed by atoms with Crippen LogP contribution < -0.4 is 4.90 Å². The molecule has 0 amide bonds. The summed E-state index contributed by atoms with van der Waals surface area (Å²) in [5.74, 6) is 0.745. The summed E-state index contributed by atoms with van der Waals surface area (Å²) in [4.78, 5) is 40.8. The van der Waals surface area contributed by atoms with Gasteiger partial charge < -0.3 is 9.88 Å². The predicted molar refractivity (Wildman–Crippen MR) is 99.9 cm³/mol. The van der Waals surface area contributed by atoms with Crippen molar-refractivity contribution >= 4 is 17.5 Å². The summed E-state index contributed by atoms with van der Waals surface area (Å²) in [6.07, 6.45) is 3.48. The van der Waals surface area contributed by atoms with Crippen molar-refractivity contribution in [2.45, 2.75) is 33.7 Å². The smallest absolute Gasteiger partial charge is 0.225 e. The molecule has 138 valence electrons. The van der Waals surface area contributed by atoms with E-state index in [2.05, 4.69) is 24.8 Å². The normalized spacial score (nSPS) is 16.5. The van der Waals surface area contributed by atoms with Crippen LogP contribution in [-0.2, 0) is 0 Å². The topological polar surface area (TPSA) is 82.2 Å². The van der Waals surface area contributed by atoms with Gasteiger partial charge in [0.1, 0.15) is 0 Å². The molecule has 1 aliphatic heterocycles. The SMILES string of the molecule is CC(=O)c1c(C)[nH]c(C(=O)[C@H](C)N2CCN(c3ncccn3)CC2)c1C. The number of aryl methyl sites for hydroxylation is 1. The molecule has 0 spiro atoms. The van der Waals surface area contributed by atoms with Gasteiger partial charge in [0.05, 0.1) is 11.7 Å². The highest BCUT2D eigenvalue weighted by Crippen LogP contribution is 2.21. The van der Waals surface area contributed by atoms with Crippen molar-refractivity contribution < 1.29 is 9.59 Å². The summed E-state index contributed by atoms with van der Waals surface area (Å²) < 4.78 is 0. The van der Waals surface area contributed by atoms with Crippen LogP contribution in [-0.4, -0.2) is 63.6 Å². The van der Waals surface area contributed by atoms with Crippen LogP contribution in [0.15, 0.2) is 18.5 Å². The maximum Gasteiger partial charge on any atom is 0.225 e. The lowest BCUT2D eigenvalue weighted by Gasteiger charge is -2.37. The van der Waals surface area contributed by atoms with E-state index in [9.17, 15) is 9.59 Å². The molecule has 1 aliphatic rings. The monoisotopic (exact) mass is 355 g/mol. The quantitative estimate of drug-likeness (QED) is 0.827. The van der Waals surface area contributed by atoms with Gasteiger partial charge in [0.2, 0.25) is 5.95 Å². The molecule has 1 fully saturated rings. The van der Waals surface area contributed by atoms with E-state index in [1.54, 1.807) is 18.5 Å². The second kappa shape index (κ2) is 7.37. The average molecular weight is 355 g/mol. The number of anilines is 1. The summed E-state index contributed by atoms with van der Waals surface area (Å²) in [5, 5.41) is 0. The molecule has 0 unspecified atom stereocenters. The second-order valence-electron chi connectivity index (χ2n) is 6.79. The summed E-state index contributed by atoms with van der Waals surface area (Å²) in [6.45, 7) is 10.2.